The number of hydrogen-bond donors (Lipinski definition) is 1. The van der Waals surface area contributed by atoms with E-state index in [0.717, 1.165) is 18.8 Å². The van der Waals surface area contributed by atoms with Gasteiger partial charge in [-0.3, -0.25) is 4.68 Å². The zero-order valence-corrected chi connectivity index (χ0v) is 12.9. The van der Waals surface area contributed by atoms with Crippen LogP contribution in [-0.4, -0.2) is 21.4 Å². The standard InChI is InChI=1S/C17H22N4/c1-4-21-17-9-6-5-8-14(17)15(19-21)12-20-11-7-10-16(20)13(2)18-3/h5-11,13,18H,4,12H2,1-3H3. The lowest BCUT2D eigenvalue weighted by Crippen LogP contribution is -2.17. The van der Waals surface area contributed by atoms with E-state index in [1.807, 2.05) is 7.05 Å². The number of rotatable bonds is 5. The molecule has 3 aromatic rings. The maximum Gasteiger partial charge on any atom is 0.0900 e. The van der Waals surface area contributed by atoms with Crippen LogP contribution in [0.25, 0.3) is 10.9 Å². The van der Waals surface area contributed by atoms with E-state index < -0.39 is 0 Å². The minimum atomic E-state index is 0.333. The summed E-state index contributed by atoms with van der Waals surface area (Å²) < 4.78 is 4.35. The largest absolute Gasteiger partial charge is 0.344 e. The Balaban J connectivity index is 2.01. The molecule has 3 rings (SSSR count). The molecule has 0 fully saturated rings. The number of aromatic nitrogens is 3. The molecule has 0 aliphatic rings. The number of hydrogen-bond acceptors (Lipinski definition) is 2. The van der Waals surface area contributed by atoms with Gasteiger partial charge in [0.05, 0.1) is 17.8 Å². The quantitative estimate of drug-likeness (QED) is 0.780. The van der Waals surface area contributed by atoms with Gasteiger partial charge in [0.15, 0.2) is 0 Å². The highest BCUT2D eigenvalue weighted by Gasteiger charge is 2.13. The molecule has 0 radical (unpaired) electrons. The molecular weight excluding hydrogens is 260 g/mol. The zero-order chi connectivity index (χ0) is 14.8. The molecule has 0 bridgehead atoms. The maximum absolute atomic E-state index is 4.78. The van der Waals surface area contributed by atoms with E-state index in [1.54, 1.807) is 0 Å². The van der Waals surface area contributed by atoms with E-state index in [0.29, 0.717) is 6.04 Å². The summed E-state index contributed by atoms with van der Waals surface area (Å²) in [5.41, 5.74) is 3.63. The molecule has 4 heteroatoms. The van der Waals surface area contributed by atoms with Gasteiger partial charge in [0.2, 0.25) is 0 Å². The summed E-state index contributed by atoms with van der Waals surface area (Å²) in [6.45, 7) is 6.01. The number of nitrogens with zero attached hydrogens (tertiary/aromatic N) is 3. The molecule has 1 unspecified atom stereocenters. The van der Waals surface area contributed by atoms with Gasteiger partial charge in [-0.25, -0.2) is 0 Å². The first kappa shape index (κ1) is 13.9. The summed E-state index contributed by atoms with van der Waals surface area (Å²) in [5, 5.41) is 9.33. The van der Waals surface area contributed by atoms with E-state index in [-0.39, 0.29) is 0 Å². The van der Waals surface area contributed by atoms with Crippen molar-refractivity contribution >= 4 is 10.9 Å². The molecular formula is C17H22N4. The van der Waals surface area contributed by atoms with Crippen molar-refractivity contribution in [2.24, 2.45) is 0 Å². The molecule has 0 saturated carbocycles. The Bertz CT molecular complexity index is 738. The number of para-hydroxylation sites is 1. The van der Waals surface area contributed by atoms with Crippen molar-refractivity contribution in [2.75, 3.05) is 7.05 Å². The van der Waals surface area contributed by atoms with Gasteiger partial charge in [0.25, 0.3) is 0 Å². The fraction of sp³-hybridized carbons (Fsp3) is 0.353. The first-order valence-electron chi connectivity index (χ1n) is 7.51. The van der Waals surface area contributed by atoms with Crippen molar-refractivity contribution in [3.8, 4) is 0 Å². The molecule has 0 amide bonds. The molecule has 1 N–H and O–H groups in total. The van der Waals surface area contributed by atoms with Gasteiger partial charge in [-0.2, -0.15) is 5.10 Å². The third kappa shape index (κ3) is 2.47. The van der Waals surface area contributed by atoms with Crippen LogP contribution in [0.4, 0.5) is 0 Å². The van der Waals surface area contributed by atoms with Crippen LogP contribution >= 0.6 is 0 Å². The molecule has 0 saturated heterocycles. The zero-order valence-electron chi connectivity index (χ0n) is 12.9. The van der Waals surface area contributed by atoms with Crippen LogP contribution < -0.4 is 5.32 Å². The predicted molar refractivity (Wildman–Crippen MR) is 86.4 cm³/mol. The Labute approximate surface area is 125 Å². The van der Waals surface area contributed by atoms with Crippen LogP contribution in [0.1, 0.15) is 31.3 Å². The highest BCUT2D eigenvalue weighted by atomic mass is 15.3. The first-order chi connectivity index (χ1) is 10.2. The summed E-state index contributed by atoms with van der Waals surface area (Å²) >= 11 is 0. The number of fused-ring (bicyclic) bond motifs is 1. The molecule has 2 aromatic heterocycles. The minimum absolute atomic E-state index is 0.333. The Kier molecular flexibility index (Phi) is 3.80. The third-order valence-corrected chi connectivity index (χ3v) is 4.10. The molecule has 1 aromatic carbocycles. The minimum Gasteiger partial charge on any atom is -0.344 e. The first-order valence-corrected chi connectivity index (χ1v) is 7.51. The summed E-state index contributed by atoms with van der Waals surface area (Å²) in [7, 11) is 1.99. The Morgan fingerprint density at radius 1 is 1.19 bits per heavy atom. The fourth-order valence-electron chi connectivity index (χ4n) is 2.83. The van der Waals surface area contributed by atoms with E-state index >= 15 is 0 Å². The molecule has 2 heterocycles. The molecule has 4 nitrogen and oxygen atoms in total. The van der Waals surface area contributed by atoms with Crippen molar-refractivity contribution < 1.29 is 0 Å². The summed E-state index contributed by atoms with van der Waals surface area (Å²) in [4.78, 5) is 0. The fourth-order valence-corrected chi connectivity index (χ4v) is 2.83. The highest BCUT2D eigenvalue weighted by Crippen LogP contribution is 2.21. The smallest absolute Gasteiger partial charge is 0.0900 e. The maximum atomic E-state index is 4.78. The van der Waals surface area contributed by atoms with Crippen molar-refractivity contribution in [1.29, 1.82) is 0 Å². The van der Waals surface area contributed by atoms with E-state index in [1.165, 1.54) is 16.6 Å². The highest BCUT2D eigenvalue weighted by molar-refractivity contribution is 5.81. The van der Waals surface area contributed by atoms with E-state index in [2.05, 4.69) is 71.0 Å². The average molecular weight is 282 g/mol. The second-order valence-electron chi connectivity index (χ2n) is 5.35. The topological polar surface area (TPSA) is 34.8 Å². The van der Waals surface area contributed by atoms with Crippen LogP contribution in [0.5, 0.6) is 0 Å². The summed E-state index contributed by atoms with van der Waals surface area (Å²) in [6, 6.07) is 13.1. The predicted octanol–water partition coefficient (Wildman–Crippen LogP) is 3.19. The second kappa shape index (κ2) is 5.74. The van der Waals surface area contributed by atoms with Gasteiger partial charge in [-0.1, -0.05) is 18.2 Å². The van der Waals surface area contributed by atoms with Crippen LogP contribution in [0, 0.1) is 0 Å². The molecule has 0 aliphatic heterocycles. The Morgan fingerprint density at radius 2 is 2.00 bits per heavy atom. The van der Waals surface area contributed by atoms with Crippen molar-refractivity contribution in [3.05, 3.63) is 54.0 Å². The number of benzene rings is 1. The summed E-state index contributed by atoms with van der Waals surface area (Å²) in [6.07, 6.45) is 2.13. The molecule has 21 heavy (non-hydrogen) atoms. The average Bonchev–Trinajstić information content (AvgIpc) is 3.12. The number of nitrogens with one attached hydrogen (secondary N) is 1. The van der Waals surface area contributed by atoms with Gasteiger partial charge in [-0.05, 0) is 39.1 Å². The monoisotopic (exact) mass is 282 g/mol. The van der Waals surface area contributed by atoms with Crippen LogP contribution in [-0.2, 0) is 13.1 Å². The van der Waals surface area contributed by atoms with Gasteiger partial charge >= 0.3 is 0 Å². The molecule has 0 aliphatic carbocycles. The van der Waals surface area contributed by atoms with Crippen LogP contribution in [0.2, 0.25) is 0 Å². The second-order valence-corrected chi connectivity index (χ2v) is 5.35. The molecule has 110 valence electrons. The third-order valence-electron chi connectivity index (χ3n) is 4.10. The van der Waals surface area contributed by atoms with Crippen LogP contribution in [0.3, 0.4) is 0 Å². The molecule has 1 atom stereocenters. The van der Waals surface area contributed by atoms with Gasteiger partial charge in [0, 0.05) is 29.9 Å². The van der Waals surface area contributed by atoms with Crippen molar-refractivity contribution in [1.82, 2.24) is 19.7 Å². The van der Waals surface area contributed by atoms with E-state index in [4.69, 9.17) is 5.10 Å². The van der Waals surface area contributed by atoms with Crippen LogP contribution in [0.15, 0.2) is 42.6 Å². The number of aryl methyl sites for hydroxylation is 1. The van der Waals surface area contributed by atoms with E-state index in [9.17, 15) is 0 Å². The lowest BCUT2D eigenvalue weighted by atomic mass is 10.2. The Hall–Kier alpha value is -2.07. The van der Waals surface area contributed by atoms with Crippen molar-refractivity contribution in [3.63, 3.8) is 0 Å². The van der Waals surface area contributed by atoms with Gasteiger partial charge < -0.3 is 9.88 Å². The van der Waals surface area contributed by atoms with Crippen molar-refractivity contribution in [2.45, 2.75) is 33.0 Å². The van der Waals surface area contributed by atoms with Gasteiger partial charge in [-0.15, -0.1) is 0 Å². The lowest BCUT2D eigenvalue weighted by Gasteiger charge is -2.14. The lowest BCUT2D eigenvalue weighted by molar-refractivity contribution is 0.581. The Morgan fingerprint density at radius 3 is 2.76 bits per heavy atom. The SMILES string of the molecule is CCn1nc(Cn2cccc2C(C)NC)c2ccccc21. The normalized spacial score (nSPS) is 12.9. The van der Waals surface area contributed by atoms with Gasteiger partial charge in [0.1, 0.15) is 0 Å². The summed E-state index contributed by atoms with van der Waals surface area (Å²) in [5.74, 6) is 0. The molecule has 0 spiro atoms.